The number of allylic oxidation sites excluding steroid dienone is 1. The Morgan fingerprint density at radius 1 is 1.18 bits per heavy atom. The minimum absolute atomic E-state index is 0.177. The fourth-order valence-corrected chi connectivity index (χ4v) is 4.09. The molecule has 1 saturated heterocycles. The summed E-state index contributed by atoms with van der Waals surface area (Å²) < 4.78 is 6.41. The van der Waals surface area contributed by atoms with E-state index in [9.17, 15) is 0 Å². The summed E-state index contributed by atoms with van der Waals surface area (Å²) in [6.45, 7) is 7.26. The molecule has 0 amide bonds. The first-order valence-corrected chi connectivity index (χ1v) is 8.38. The van der Waals surface area contributed by atoms with E-state index in [0.717, 1.165) is 18.6 Å². The number of hydrogen-bond acceptors (Lipinski definition) is 3. The van der Waals surface area contributed by atoms with E-state index >= 15 is 0 Å². The summed E-state index contributed by atoms with van der Waals surface area (Å²) >= 11 is 0. The minimum Gasteiger partial charge on any atom is -0.483 e. The van der Waals surface area contributed by atoms with Gasteiger partial charge in [0.1, 0.15) is 24.1 Å². The lowest BCUT2D eigenvalue weighted by Crippen LogP contribution is -2.37. The average molecular weight is 300 g/mol. The highest BCUT2D eigenvalue weighted by atomic mass is 17.2. The number of benzene rings is 1. The van der Waals surface area contributed by atoms with Crippen molar-refractivity contribution in [2.45, 2.75) is 64.6 Å². The second-order valence-electron chi connectivity index (χ2n) is 7.28. The van der Waals surface area contributed by atoms with Gasteiger partial charge in [0.2, 0.25) is 0 Å². The molecule has 0 N–H and O–H groups in total. The van der Waals surface area contributed by atoms with Crippen molar-refractivity contribution >= 4 is 5.57 Å². The zero-order chi connectivity index (χ0) is 15.3. The summed E-state index contributed by atoms with van der Waals surface area (Å²) in [7, 11) is 0. The van der Waals surface area contributed by atoms with Gasteiger partial charge in [-0.15, -0.1) is 0 Å². The van der Waals surface area contributed by atoms with Gasteiger partial charge in [0.15, 0.2) is 0 Å². The Morgan fingerprint density at radius 3 is 2.68 bits per heavy atom. The van der Waals surface area contributed by atoms with Gasteiger partial charge in [-0.3, -0.25) is 0 Å². The first kappa shape index (κ1) is 14.3. The van der Waals surface area contributed by atoms with Gasteiger partial charge < -0.3 is 4.74 Å². The van der Waals surface area contributed by atoms with Crippen molar-refractivity contribution in [3.63, 3.8) is 0 Å². The Balaban J connectivity index is 1.85. The Labute approximate surface area is 132 Å². The largest absolute Gasteiger partial charge is 0.483 e. The molecule has 4 rings (SSSR count). The number of hydrogen-bond donors (Lipinski definition) is 0. The van der Waals surface area contributed by atoms with Crippen LogP contribution in [0.25, 0.3) is 5.57 Å². The molecular weight excluding hydrogens is 276 g/mol. The number of aryl methyl sites for hydroxylation is 1. The van der Waals surface area contributed by atoms with Gasteiger partial charge in [0, 0.05) is 12.0 Å². The van der Waals surface area contributed by atoms with Gasteiger partial charge in [-0.05, 0) is 74.8 Å². The van der Waals surface area contributed by atoms with Crippen molar-refractivity contribution in [2.24, 2.45) is 0 Å². The average Bonchev–Trinajstić information content (AvgIpc) is 2.41. The van der Waals surface area contributed by atoms with Crippen LogP contribution in [0, 0.1) is 6.92 Å². The van der Waals surface area contributed by atoms with E-state index < -0.39 is 0 Å². The molecule has 0 bridgehead atoms. The number of fused-ring (bicyclic) bond motifs is 2. The lowest BCUT2D eigenvalue weighted by atomic mass is 9.76. The summed E-state index contributed by atoms with van der Waals surface area (Å²) in [6.07, 6.45) is 6.00. The van der Waals surface area contributed by atoms with Crippen LogP contribution in [-0.2, 0) is 16.2 Å². The van der Waals surface area contributed by atoms with Crippen LogP contribution < -0.4 is 4.74 Å². The van der Waals surface area contributed by atoms with E-state index in [2.05, 4.69) is 32.9 Å². The van der Waals surface area contributed by atoms with Gasteiger partial charge in [-0.2, -0.15) is 0 Å². The summed E-state index contributed by atoms with van der Waals surface area (Å²) in [6, 6.07) is 4.48. The second kappa shape index (κ2) is 5.10. The van der Waals surface area contributed by atoms with Crippen LogP contribution in [0.2, 0.25) is 0 Å². The molecule has 118 valence electrons. The van der Waals surface area contributed by atoms with Gasteiger partial charge in [0.05, 0.1) is 0 Å². The van der Waals surface area contributed by atoms with Crippen LogP contribution in [0.1, 0.15) is 56.2 Å². The van der Waals surface area contributed by atoms with Gasteiger partial charge in [-0.1, -0.05) is 6.07 Å². The molecule has 1 atom stereocenters. The van der Waals surface area contributed by atoms with E-state index in [1.807, 2.05) is 0 Å². The molecule has 0 aromatic heterocycles. The van der Waals surface area contributed by atoms with Crippen molar-refractivity contribution in [3.8, 4) is 5.75 Å². The molecule has 1 fully saturated rings. The van der Waals surface area contributed by atoms with Crippen LogP contribution in [0.5, 0.6) is 5.75 Å². The molecule has 2 heterocycles. The topological polar surface area (TPSA) is 27.7 Å². The Morgan fingerprint density at radius 2 is 1.95 bits per heavy atom. The van der Waals surface area contributed by atoms with E-state index in [0.29, 0.717) is 6.61 Å². The maximum atomic E-state index is 6.41. The molecule has 0 saturated carbocycles. The summed E-state index contributed by atoms with van der Waals surface area (Å²) in [5.41, 5.74) is 6.81. The lowest BCUT2D eigenvalue weighted by Gasteiger charge is -2.40. The first-order valence-electron chi connectivity index (χ1n) is 8.38. The van der Waals surface area contributed by atoms with E-state index in [1.165, 1.54) is 47.1 Å². The highest BCUT2D eigenvalue weighted by molar-refractivity contribution is 5.79. The quantitative estimate of drug-likeness (QED) is 0.759. The summed E-state index contributed by atoms with van der Waals surface area (Å²) in [5, 5.41) is 0. The van der Waals surface area contributed by atoms with Crippen LogP contribution in [-0.4, -0.2) is 18.3 Å². The lowest BCUT2D eigenvalue weighted by molar-refractivity contribution is -0.423. The van der Waals surface area contributed by atoms with Crippen molar-refractivity contribution in [3.05, 3.63) is 34.4 Å². The fourth-order valence-electron chi connectivity index (χ4n) is 4.09. The normalized spacial score (nSPS) is 25.9. The minimum atomic E-state index is -0.177. The Kier molecular flexibility index (Phi) is 3.31. The van der Waals surface area contributed by atoms with Crippen molar-refractivity contribution in [1.29, 1.82) is 0 Å². The highest BCUT2D eigenvalue weighted by Gasteiger charge is 2.37. The monoisotopic (exact) mass is 300 g/mol. The highest BCUT2D eigenvalue weighted by Crippen LogP contribution is 2.48. The number of rotatable bonds is 2. The van der Waals surface area contributed by atoms with E-state index in [-0.39, 0.29) is 11.7 Å². The second-order valence-corrected chi connectivity index (χ2v) is 7.28. The molecule has 1 aliphatic carbocycles. The molecule has 3 heteroatoms. The van der Waals surface area contributed by atoms with E-state index in [4.69, 9.17) is 14.5 Å². The third-order valence-electron chi connectivity index (χ3n) is 5.10. The van der Waals surface area contributed by atoms with Crippen LogP contribution in [0.15, 0.2) is 17.7 Å². The smallest absolute Gasteiger partial charge is 0.128 e. The maximum absolute atomic E-state index is 6.41. The Bertz CT molecular complexity index is 638. The third-order valence-corrected chi connectivity index (χ3v) is 5.10. The Hall–Kier alpha value is -1.32. The molecule has 3 aliphatic rings. The first-order chi connectivity index (χ1) is 10.5. The summed E-state index contributed by atoms with van der Waals surface area (Å²) in [4.78, 5) is 10.1. The third kappa shape index (κ3) is 2.27. The predicted octanol–water partition coefficient (Wildman–Crippen LogP) is 4.37. The molecule has 1 aromatic rings. The fraction of sp³-hybridized carbons (Fsp3) is 0.579. The SMILES string of the molecule is Cc1cc(CC2COO2)c2c(c1)OC(C)(C)C1=C2CCCC1. The van der Waals surface area contributed by atoms with Gasteiger partial charge in [-0.25, -0.2) is 9.78 Å². The van der Waals surface area contributed by atoms with Crippen molar-refractivity contribution < 1.29 is 14.5 Å². The van der Waals surface area contributed by atoms with Crippen molar-refractivity contribution in [2.75, 3.05) is 6.61 Å². The standard InChI is InChI=1S/C19H24O3/c1-12-8-13(10-14-11-20-22-14)18-15-6-4-5-7-16(15)19(2,3)21-17(18)9-12/h8-9,14H,4-7,10-11H2,1-3H3. The van der Waals surface area contributed by atoms with Gasteiger partial charge in [0.25, 0.3) is 0 Å². The molecule has 0 radical (unpaired) electrons. The zero-order valence-electron chi connectivity index (χ0n) is 13.7. The van der Waals surface area contributed by atoms with Crippen molar-refractivity contribution in [1.82, 2.24) is 0 Å². The van der Waals surface area contributed by atoms with Crippen LogP contribution in [0.4, 0.5) is 0 Å². The van der Waals surface area contributed by atoms with Gasteiger partial charge >= 0.3 is 0 Å². The van der Waals surface area contributed by atoms with E-state index in [1.54, 1.807) is 0 Å². The zero-order valence-corrected chi connectivity index (χ0v) is 13.7. The molecule has 22 heavy (non-hydrogen) atoms. The van der Waals surface area contributed by atoms with Crippen LogP contribution in [0.3, 0.4) is 0 Å². The molecule has 1 unspecified atom stereocenters. The maximum Gasteiger partial charge on any atom is 0.128 e. The molecular formula is C19H24O3. The number of ether oxygens (including phenoxy) is 1. The van der Waals surface area contributed by atoms with Crippen LogP contribution >= 0.6 is 0 Å². The molecule has 2 aliphatic heterocycles. The molecule has 1 aromatic carbocycles. The summed E-state index contributed by atoms with van der Waals surface area (Å²) in [5.74, 6) is 1.06. The molecule has 3 nitrogen and oxygen atoms in total. The molecule has 0 spiro atoms. The predicted molar refractivity (Wildman–Crippen MR) is 85.8 cm³/mol.